The lowest BCUT2D eigenvalue weighted by Crippen LogP contribution is -2.45. The molecule has 0 spiro atoms. The molecule has 6 heteroatoms. The number of hydrogen-bond acceptors (Lipinski definition) is 3. The SMILES string of the molecule is CCCCOC(=O)C1(C(F)F)Cc2cccc(Br)c2C1=O. The third-order valence-electron chi connectivity index (χ3n) is 3.67. The zero-order chi connectivity index (χ0) is 15.6. The van der Waals surface area contributed by atoms with E-state index in [0.29, 0.717) is 16.5 Å². The van der Waals surface area contributed by atoms with Crippen molar-refractivity contribution < 1.29 is 23.1 Å². The molecule has 0 aliphatic heterocycles. The number of hydrogen-bond donors (Lipinski definition) is 0. The summed E-state index contributed by atoms with van der Waals surface area (Å²) in [7, 11) is 0. The van der Waals surface area contributed by atoms with Crippen LogP contribution in [0.3, 0.4) is 0 Å². The number of esters is 1. The van der Waals surface area contributed by atoms with E-state index in [-0.39, 0.29) is 18.6 Å². The monoisotopic (exact) mass is 360 g/mol. The van der Waals surface area contributed by atoms with Gasteiger partial charge in [0, 0.05) is 16.5 Å². The predicted octanol–water partition coefficient (Wildman–Crippen LogP) is 3.78. The minimum Gasteiger partial charge on any atom is -0.465 e. The van der Waals surface area contributed by atoms with Crippen molar-refractivity contribution in [3.63, 3.8) is 0 Å². The Morgan fingerprint density at radius 3 is 2.76 bits per heavy atom. The molecule has 0 saturated carbocycles. The molecule has 2 rings (SSSR count). The van der Waals surface area contributed by atoms with E-state index in [1.165, 1.54) is 0 Å². The highest BCUT2D eigenvalue weighted by Gasteiger charge is 2.60. The van der Waals surface area contributed by atoms with Gasteiger partial charge in [-0.1, -0.05) is 41.4 Å². The van der Waals surface area contributed by atoms with E-state index in [9.17, 15) is 18.4 Å². The van der Waals surface area contributed by atoms with Crippen LogP contribution in [0.5, 0.6) is 0 Å². The number of fused-ring (bicyclic) bond motifs is 1. The molecule has 0 saturated heterocycles. The van der Waals surface area contributed by atoms with E-state index in [0.717, 1.165) is 6.42 Å². The van der Waals surface area contributed by atoms with Crippen LogP contribution in [0.1, 0.15) is 35.7 Å². The molecule has 0 fully saturated rings. The fourth-order valence-corrected chi connectivity index (χ4v) is 3.03. The van der Waals surface area contributed by atoms with Crippen LogP contribution in [0.2, 0.25) is 0 Å². The first kappa shape index (κ1) is 16.1. The number of ketones is 1. The van der Waals surface area contributed by atoms with Crippen LogP contribution in [0.15, 0.2) is 22.7 Å². The van der Waals surface area contributed by atoms with Gasteiger partial charge in [0.25, 0.3) is 6.43 Å². The molecule has 1 aliphatic rings. The average Bonchev–Trinajstić information content (AvgIpc) is 2.74. The topological polar surface area (TPSA) is 43.4 Å². The summed E-state index contributed by atoms with van der Waals surface area (Å²) in [4.78, 5) is 24.6. The Balaban J connectivity index is 2.36. The van der Waals surface area contributed by atoms with E-state index >= 15 is 0 Å². The molecule has 21 heavy (non-hydrogen) atoms. The van der Waals surface area contributed by atoms with Crippen molar-refractivity contribution in [2.24, 2.45) is 5.41 Å². The lowest BCUT2D eigenvalue weighted by Gasteiger charge is -2.24. The van der Waals surface area contributed by atoms with Crippen LogP contribution < -0.4 is 0 Å². The summed E-state index contributed by atoms with van der Waals surface area (Å²) in [6.07, 6.45) is -2.06. The highest BCUT2D eigenvalue weighted by atomic mass is 79.9. The van der Waals surface area contributed by atoms with Crippen LogP contribution in [0.25, 0.3) is 0 Å². The zero-order valence-corrected chi connectivity index (χ0v) is 13.1. The number of Topliss-reactive ketones (excluding diaryl/α,β-unsaturated/α-hetero) is 1. The van der Waals surface area contributed by atoms with Gasteiger partial charge >= 0.3 is 5.97 Å². The molecular weight excluding hydrogens is 346 g/mol. The van der Waals surface area contributed by atoms with Gasteiger partial charge < -0.3 is 4.74 Å². The first-order chi connectivity index (χ1) is 9.95. The lowest BCUT2D eigenvalue weighted by molar-refractivity contribution is -0.160. The molecule has 1 aliphatic carbocycles. The molecule has 1 atom stereocenters. The van der Waals surface area contributed by atoms with Crippen molar-refractivity contribution >= 4 is 27.7 Å². The molecule has 0 heterocycles. The van der Waals surface area contributed by atoms with Crippen molar-refractivity contribution in [1.82, 2.24) is 0 Å². The van der Waals surface area contributed by atoms with Crippen LogP contribution >= 0.6 is 15.9 Å². The van der Waals surface area contributed by atoms with Gasteiger partial charge in [-0.2, -0.15) is 0 Å². The maximum Gasteiger partial charge on any atom is 0.326 e. The van der Waals surface area contributed by atoms with Gasteiger partial charge in [0.2, 0.25) is 0 Å². The standard InChI is InChI=1S/C15H15BrF2O3/c1-2-3-7-21-14(20)15(13(17)18)8-9-5-4-6-10(16)11(9)12(15)19/h4-6,13H,2-3,7-8H2,1H3. The second kappa shape index (κ2) is 6.22. The Bertz CT molecular complexity index is 574. The molecule has 114 valence electrons. The Labute approximate surface area is 129 Å². The predicted molar refractivity (Wildman–Crippen MR) is 76.5 cm³/mol. The number of benzene rings is 1. The summed E-state index contributed by atoms with van der Waals surface area (Å²) in [6.45, 7) is 1.94. The summed E-state index contributed by atoms with van der Waals surface area (Å²) >= 11 is 3.18. The number of carbonyl (C=O) groups is 2. The first-order valence-corrected chi connectivity index (χ1v) is 7.52. The Hall–Kier alpha value is -1.30. The van der Waals surface area contributed by atoms with Crippen LogP contribution in [0, 0.1) is 5.41 Å². The molecule has 1 unspecified atom stereocenters. The number of alkyl halides is 2. The zero-order valence-electron chi connectivity index (χ0n) is 11.5. The van der Waals surface area contributed by atoms with Crippen LogP contribution in [-0.4, -0.2) is 24.8 Å². The Morgan fingerprint density at radius 2 is 2.19 bits per heavy atom. The summed E-state index contributed by atoms with van der Waals surface area (Å²) in [5, 5.41) is 0. The van der Waals surface area contributed by atoms with E-state index in [4.69, 9.17) is 4.74 Å². The molecule has 0 radical (unpaired) electrons. The van der Waals surface area contributed by atoms with Crippen molar-refractivity contribution in [1.29, 1.82) is 0 Å². The molecule has 0 amide bonds. The Kier molecular flexibility index (Phi) is 4.76. The van der Waals surface area contributed by atoms with Crippen molar-refractivity contribution in [3.8, 4) is 0 Å². The second-order valence-electron chi connectivity index (χ2n) is 5.04. The van der Waals surface area contributed by atoms with E-state index in [1.54, 1.807) is 18.2 Å². The molecule has 0 aromatic heterocycles. The summed E-state index contributed by atoms with van der Waals surface area (Å²) in [5.41, 5.74) is -1.80. The highest BCUT2D eigenvalue weighted by Crippen LogP contribution is 2.44. The number of rotatable bonds is 5. The number of halogens is 3. The van der Waals surface area contributed by atoms with Gasteiger partial charge in [-0.25, -0.2) is 8.78 Å². The van der Waals surface area contributed by atoms with Gasteiger partial charge in [0.1, 0.15) is 0 Å². The molecule has 0 N–H and O–H groups in total. The van der Waals surface area contributed by atoms with Crippen LogP contribution in [0.4, 0.5) is 8.78 Å². The number of carbonyl (C=O) groups excluding carboxylic acids is 2. The van der Waals surface area contributed by atoms with E-state index < -0.39 is 23.6 Å². The van der Waals surface area contributed by atoms with Gasteiger partial charge in [-0.05, 0) is 18.1 Å². The average molecular weight is 361 g/mol. The number of unbranched alkanes of at least 4 members (excludes halogenated alkanes) is 1. The van der Waals surface area contributed by atoms with Gasteiger partial charge in [0.15, 0.2) is 11.2 Å². The van der Waals surface area contributed by atoms with E-state index in [1.807, 2.05) is 6.92 Å². The van der Waals surface area contributed by atoms with Crippen LogP contribution in [-0.2, 0) is 16.0 Å². The fraction of sp³-hybridized carbons (Fsp3) is 0.467. The van der Waals surface area contributed by atoms with Crippen molar-refractivity contribution in [3.05, 3.63) is 33.8 Å². The first-order valence-electron chi connectivity index (χ1n) is 6.72. The van der Waals surface area contributed by atoms with Gasteiger partial charge in [-0.15, -0.1) is 0 Å². The quantitative estimate of drug-likeness (QED) is 0.455. The molecule has 1 aromatic rings. The minimum absolute atomic E-state index is 0.0502. The van der Waals surface area contributed by atoms with Crippen molar-refractivity contribution in [2.75, 3.05) is 6.61 Å². The summed E-state index contributed by atoms with van der Waals surface area (Å²) < 4.78 is 32.5. The third-order valence-corrected chi connectivity index (χ3v) is 4.33. The Morgan fingerprint density at radius 1 is 1.48 bits per heavy atom. The maximum absolute atomic E-state index is 13.6. The summed E-state index contributed by atoms with van der Waals surface area (Å²) in [6, 6.07) is 4.84. The molecule has 3 nitrogen and oxygen atoms in total. The second-order valence-corrected chi connectivity index (χ2v) is 5.90. The molecular formula is C15H15BrF2O3. The minimum atomic E-state index is -3.10. The fourth-order valence-electron chi connectivity index (χ4n) is 2.44. The smallest absolute Gasteiger partial charge is 0.326 e. The van der Waals surface area contributed by atoms with E-state index in [2.05, 4.69) is 15.9 Å². The third kappa shape index (κ3) is 2.61. The maximum atomic E-state index is 13.6. The van der Waals surface area contributed by atoms with Crippen molar-refractivity contribution in [2.45, 2.75) is 32.6 Å². The van der Waals surface area contributed by atoms with Gasteiger partial charge in [0.05, 0.1) is 6.61 Å². The largest absolute Gasteiger partial charge is 0.465 e. The number of ether oxygens (including phenoxy) is 1. The normalized spacial score (nSPS) is 20.7. The highest BCUT2D eigenvalue weighted by molar-refractivity contribution is 9.10. The van der Waals surface area contributed by atoms with Gasteiger partial charge in [-0.3, -0.25) is 9.59 Å². The molecule has 0 bridgehead atoms. The lowest BCUT2D eigenvalue weighted by atomic mass is 9.84. The molecule has 1 aromatic carbocycles. The summed E-state index contributed by atoms with van der Waals surface area (Å²) in [5.74, 6) is -1.99.